The fourth-order valence-electron chi connectivity index (χ4n) is 3.80. The lowest BCUT2D eigenvalue weighted by atomic mass is 10.2. The van der Waals surface area contributed by atoms with Crippen molar-refractivity contribution in [3.63, 3.8) is 0 Å². The van der Waals surface area contributed by atoms with Crippen molar-refractivity contribution < 1.29 is 37.6 Å². The Morgan fingerprint density at radius 1 is 1.13 bits per heavy atom. The second-order valence-electron chi connectivity index (χ2n) is 8.12. The molecule has 0 bridgehead atoms. The summed E-state index contributed by atoms with van der Waals surface area (Å²) in [5.41, 5.74) is 1.52. The molecule has 1 aliphatic rings. The van der Waals surface area contributed by atoms with Gasteiger partial charge in [-0.25, -0.2) is 9.97 Å². The monoisotopic (exact) mass is 532 g/mol. The number of benzene rings is 1. The lowest BCUT2D eigenvalue weighted by Gasteiger charge is -2.26. The molecule has 0 radical (unpaired) electrons. The summed E-state index contributed by atoms with van der Waals surface area (Å²) >= 11 is 0. The van der Waals surface area contributed by atoms with Crippen molar-refractivity contribution in [2.24, 2.45) is 7.05 Å². The van der Waals surface area contributed by atoms with E-state index in [2.05, 4.69) is 46.2 Å². The lowest BCUT2D eigenvalue weighted by Crippen LogP contribution is -2.89. The summed E-state index contributed by atoms with van der Waals surface area (Å²) in [6, 6.07) is 9.20. The van der Waals surface area contributed by atoms with Gasteiger partial charge in [0.2, 0.25) is 11.6 Å². The van der Waals surface area contributed by atoms with Crippen LogP contribution in [0.15, 0.2) is 47.1 Å². The number of carboxylic acid groups (broad SMARTS) is 1. The number of aromatic nitrogens is 6. The molecule has 1 aromatic carbocycles. The summed E-state index contributed by atoms with van der Waals surface area (Å²) in [5, 5.41) is 18.8. The Bertz CT molecular complexity index is 1350. The standard InChI is InChI=1S/C22H21F3N8O2.CH2O2/c1-32-18(13-14-6-7-27-17(12-14)33-10-8-26-9-11-33)28-20(30-32)21-29-19(31-35-21)15-2-4-16(5-3-15)34-22(23,24)25;2-1-3/h2-7,12,26H,8-11,13H2,1H3;1H,(H,2,3). The molecule has 4 heterocycles. The number of rotatable bonds is 6. The van der Waals surface area contributed by atoms with E-state index in [0.29, 0.717) is 17.8 Å². The van der Waals surface area contributed by atoms with Gasteiger partial charge < -0.3 is 29.4 Å². The molecule has 0 amide bonds. The van der Waals surface area contributed by atoms with E-state index in [-0.39, 0.29) is 23.3 Å². The van der Waals surface area contributed by atoms with Crippen LogP contribution in [0, 0.1) is 0 Å². The van der Waals surface area contributed by atoms with Crippen molar-refractivity contribution in [2.75, 3.05) is 31.1 Å². The summed E-state index contributed by atoms with van der Waals surface area (Å²) in [6.45, 7) is 3.52. The number of quaternary nitrogens is 1. The van der Waals surface area contributed by atoms with Crippen LogP contribution < -0.4 is 20.1 Å². The van der Waals surface area contributed by atoms with E-state index in [1.807, 2.05) is 6.07 Å². The molecule has 0 spiro atoms. The fraction of sp³-hybridized carbons (Fsp3) is 0.304. The zero-order valence-corrected chi connectivity index (χ0v) is 20.1. The van der Waals surface area contributed by atoms with Crippen LogP contribution in [0.1, 0.15) is 11.4 Å². The minimum absolute atomic E-state index is 0.109. The van der Waals surface area contributed by atoms with E-state index in [4.69, 9.17) is 14.4 Å². The Morgan fingerprint density at radius 3 is 2.53 bits per heavy atom. The van der Waals surface area contributed by atoms with Gasteiger partial charge in [0.15, 0.2) is 0 Å². The average Bonchev–Trinajstić information content (AvgIpc) is 3.52. The third-order valence-corrected chi connectivity index (χ3v) is 5.52. The maximum atomic E-state index is 12.3. The van der Waals surface area contributed by atoms with E-state index in [1.165, 1.54) is 24.3 Å². The number of aryl methyl sites for hydroxylation is 1. The van der Waals surface area contributed by atoms with Crippen LogP contribution in [0.25, 0.3) is 23.1 Å². The normalized spacial score (nSPS) is 13.5. The molecular weight excluding hydrogens is 509 g/mol. The zero-order valence-electron chi connectivity index (χ0n) is 20.1. The molecule has 1 fully saturated rings. The van der Waals surface area contributed by atoms with Crippen molar-refractivity contribution in [3.05, 3.63) is 54.0 Å². The number of pyridine rings is 1. The predicted octanol–water partition coefficient (Wildman–Crippen LogP) is 0.166. The minimum atomic E-state index is -4.76. The number of halogens is 3. The second kappa shape index (κ2) is 11.7. The van der Waals surface area contributed by atoms with Gasteiger partial charge in [0.25, 0.3) is 5.89 Å². The quantitative estimate of drug-likeness (QED) is 0.340. The number of hydrogen-bond acceptors (Lipinski definition) is 10. The highest BCUT2D eigenvalue weighted by Crippen LogP contribution is 2.26. The van der Waals surface area contributed by atoms with Crippen LogP contribution in [-0.4, -0.2) is 68.9 Å². The fourth-order valence-corrected chi connectivity index (χ4v) is 3.80. The molecule has 1 aliphatic heterocycles. The van der Waals surface area contributed by atoms with Gasteiger partial charge in [-0.2, -0.15) is 4.98 Å². The molecule has 0 aliphatic carbocycles. The number of carbonyl (C=O) groups excluding carboxylic acids is 1. The van der Waals surface area contributed by atoms with Crippen LogP contribution >= 0.6 is 0 Å². The van der Waals surface area contributed by atoms with Gasteiger partial charge in [0.05, 0.1) is 26.2 Å². The highest BCUT2D eigenvalue weighted by Gasteiger charge is 2.31. The van der Waals surface area contributed by atoms with Gasteiger partial charge in [-0.3, -0.25) is 4.68 Å². The predicted molar refractivity (Wildman–Crippen MR) is 123 cm³/mol. The molecule has 200 valence electrons. The Balaban J connectivity index is 0.00000107. The topological polar surface area (TPSA) is 152 Å². The van der Waals surface area contributed by atoms with E-state index >= 15 is 0 Å². The summed E-state index contributed by atoms with van der Waals surface area (Å²) in [5.74, 6) is 1.89. The molecule has 0 atom stereocenters. The van der Waals surface area contributed by atoms with E-state index in [9.17, 15) is 13.2 Å². The molecule has 5 rings (SSSR count). The Morgan fingerprint density at radius 2 is 1.84 bits per heavy atom. The van der Waals surface area contributed by atoms with Gasteiger partial charge in [-0.15, -0.1) is 18.3 Å². The summed E-state index contributed by atoms with van der Waals surface area (Å²) < 4.78 is 47.9. The molecule has 2 N–H and O–H groups in total. The van der Waals surface area contributed by atoms with Gasteiger partial charge in [-0.1, -0.05) is 5.16 Å². The van der Waals surface area contributed by atoms with E-state index in [0.717, 1.165) is 37.6 Å². The van der Waals surface area contributed by atoms with Gasteiger partial charge in [-0.05, 0) is 42.0 Å². The van der Waals surface area contributed by atoms with Crippen LogP contribution in [0.4, 0.5) is 19.0 Å². The van der Waals surface area contributed by atoms with Crippen LogP contribution in [0.2, 0.25) is 0 Å². The maximum Gasteiger partial charge on any atom is 0.573 e. The highest BCUT2D eigenvalue weighted by atomic mass is 19.4. The summed E-state index contributed by atoms with van der Waals surface area (Å²) in [7, 11) is 1.78. The first kappa shape index (κ1) is 26.5. The van der Waals surface area contributed by atoms with Gasteiger partial charge in [0.1, 0.15) is 17.4 Å². The lowest BCUT2D eigenvalue weighted by molar-refractivity contribution is -0.655. The number of ether oxygens (including phenoxy) is 1. The number of piperazine rings is 1. The van der Waals surface area contributed by atoms with Crippen molar-refractivity contribution in [3.8, 4) is 28.9 Å². The van der Waals surface area contributed by atoms with Crippen molar-refractivity contribution in [1.82, 2.24) is 29.9 Å². The zero-order chi connectivity index (χ0) is 27.1. The number of alkyl halides is 3. The molecule has 12 nitrogen and oxygen atoms in total. The molecule has 38 heavy (non-hydrogen) atoms. The van der Waals surface area contributed by atoms with Crippen molar-refractivity contribution in [1.29, 1.82) is 0 Å². The average molecular weight is 532 g/mol. The molecule has 15 heteroatoms. The first-order valence-corrected chi connectivity index (χ1v) is 11.4. The molecule has 0 unspecified atom stereocenters. The smallest absolute Gasteiger partial charge is 0.554 e. The number of nitrogens with zero attached hydrogens (tertiary/aromatic N) is 7. The third kappa shape index (κ3) is 6.82. The van der Waals surface area contributed by atoms with E-state index < -0.39 is 12.8 Å². The maximum absolute atomic E-state index is 12.3. The van der Waals surface area contributed by atoms with Crippen LogP contribution in [-0.2, 0) is 18.3 Å². The molecule has 4 aromatic rings. The van der Waals surface area contributed by atoms with Crippen molar-refractivity contribution >= 4 is 12.3 Å². The highest BCUT2D eigenvalue weighted by molar-refractivity contribution is 5.57. The Hall–Kier alpha value is -4.53. The number of nitrogens with two attached hydrogens (primary N) is 1. The first-order valence-electron chi connectivity index (χ1n) is 11.4. The SMILES string of the molecule is Cn1nc(-c2nc(-c3ccc(OC(F)(F)F)cc3)no2)nc1Cc1ccnc(N2CC[NH2+]CC2)c1.O=C[O-]. The first-order chi connectivity index (χ1) is 18.3. The second-order valence-corrected chi connectivity index (χ2v) is 8.12. The van der Waals surface area contributed by atoms with Crippen LogP contribution in [0.3, 0.4) is 0 Å². The third-order valence-electron chi connectivity index (χ3n) is 5.52. The van der Waals surface area contributed by atoms with Crippen molar-refractivity contribution in [2.45, 2.75) is 12.8 Å². The van der Waals surface area contributed by atoms with Gasteiger partial charge in [0, 0.05) is 31.7 Å². The van der Waals surface area contributed by atoms with Crippen LogP contribution in [0.5, 0.6) is 5.75 Å². The number of carbonyl (C=O) groups is 1. The molecule has 1 saturated heterocycles. The molecule has 0 saturated carbocycles. The molecular formula is C23H23F3N8O4. The minimum Gasteiger partial charge on any atom is -0.554 e. The van der Waals surface area contributed by atoms with E-state index in [1.54, 1.807) is 17.9 Å². The molecule has 3 aromatic heterocycles. The Labute approximate surface area is 214 Å². The summed E-state index contributed by atoms with van der Waals surface area (Å²) in [6.07, 6.45) is -2.41. The van der Waals surface area contributed by atoms with Gasteiger partial charge >= 0.3 is 6.36 Å². The number of anilines is 1. The largest absolute Gasteiger partial charge is 0.573 e. The summed E-state index contributed by atoms with van der Waals surface area (Å²) in [4.78, 5) is 23.9. The number of hydrogen-bond donors (Lipinski definition) is 1. The Kier molecular flexibility index (Phi) is 8.15.